The average Bonchev–Trinajstić information content (AvgIpc) is 2.36. The maximum Gasteiger partial charge on any atom is 0.305 e. The zero-order chi connectivity index (χ0) is 15.0. The van der Waals surface area contributed by atoms with Crippen molar-refractivity contribution in [1.82, 2.24) is 0 Å². The van der Waals surface area contributed by atoms with Gasteiger partial charge in [-0.05, 0) is 63.3 Å². The Kier molecular flexibility index (Phi) is 7.45. The Labute approximate surface area is 126 Å². The predicted molar refractivity (Wildman–Crippen MR) is 81.5 cm³/mol. The third-order valence-electron chi connectivity index (χ3n) is 3.00. The van der Waals surface area contributed by atoms with Crippen molar-refractivity contribution in [3.05, 3.63) is 28.3 Å². The fourth-order valence-corrected chi connectivity index (χ4v) is 2.41. The normalized spacial score (nSPS) is 10.4. The summed E-state index contributed by atoms with van der Waals surface area (Å²) in [7, 11) is 0. The molecular formula is C16H23ClO3. The average molecular weight is 299 g/mol. The molecule has 20 heavy (non-hydrogen) atoms. The van der Waals surface area contributed by atoms with E-state index in [9.17, 15) is 4.79 Å². The van der Waals surface area contributed by atoms with E-state index >= 15 is 0 Å². The molecule has 3 nitrogen and oxygen atoms in total. The lowest BCUT2D eigenvalue weighted by Gasteiger charge is -2.12. The van der Waals surface area contributed by atoms with Crippen LogP contribution < -0.4 is 4.74 Å². The lowest BCUT2D eigenvalue weighted by Crippen LogP contribution is -2.04. The minimum Gasteiger partial charge on any atom is -0.493 e. The molecule has 0 N–H and O–H groups in total. The maximum absolute atomic E-state index is 11.2. The first-order valence-electron chi connectivity index (χ1n) is 7.09. The molecule has 0 aliphatic rings. The first-order chi connectivity index (χ1) is 9.54. The SMILES string of the molecule is CCOC(=O)CCCCCOc1c(C)cc(Cl)cc1C. The lowest BCUT2D eigenvalue weighted by molar-refractivity contribution is -0.143. The summed E-state index contributed by atoms with van der Waals surface area (Å²) in [5, 5.41) is 0.738. The van der Waals surface area contributed by atoms with Crippen LogP contribution in [0.4, 0.5) is 0 Å². The van der Waals surface area contributed by atoms with Crippen LogP contribution >= 0.6 is 11.6 Å². The van der Waals surface area contributed by atoms with Gasteiger partial charge < -0.3 is 9.47 Å². The number of unbranched alkanes of at least 4 members (excludes halogenated alkanes) is 2. The monoisotopic (exact) mass is 298 g/mol. The molecule has 0 spiro atoms. The quantitative estimate of drug-likeness (QED) is 0.525. The van der Waals surface area contributed by atoms with Crippen LogP contribution in [0, 0.1) is 13.8 Å². The van der Waals surface area contributed by atoms with E-state index in [0.717, 1.165) is 41.2 Å². The second kappa shape index (κ2) is 8.85. The fourth-order valence-electron chi connectivity index (χ4n) is 2.08. The molecule has 1 aromatic carbocycles. The van der Waals surface area contributed by atoms with Crippen molar-refractivity contribution in [2.75, 3.05) is 13.2 Å². The summed E-state index contributed by atoms with van der Waals surface area (Å²) < 4.78 is 10.7. The van der Waals surface area contributed by atoms with Crippen molar-refractivity contribution in [3.8, 4) is 5.75 Å². The first kappa shape index (κ1) is 16.8. The molecule has 0 saturated carbocycles. The number of carbonyl (C=O) groups excluding carboxylic acids is 1. The van der Waals surface area contributed by atoms with E-state index in [1.54, 1.807) is 0 Å². The van der Waals surface area contributed by atoms with Gasteiger partial charge in [-0.15, -0.1) is 0 Å². The van der Waals surface area contributed by atoms with Crippen LogP contribution in [0.2, 0.25) is 5.02 Å². The molecule has 0 heterocycles. The molecule has 1 rings (SSSR count). The second-order valence-corrected chi connectivity index (χ2v) is 5.27. The summed E-state index contributed by atoms with van der Waals surface area (Å²) in [6.07, 6.45) is 3.24. The highest BCUT2D eigenvalue weighted by Gasteiger charge is 2.06. The fraction of sp³-hybridized carbons (Fsp3) is 0.562. The Morgan fingerprint density at radius 2 is 1.80 bits per heavy atom. The molecule has 0 bridgehead atoms. The number of benzene rings is 1. The standard InChI is InChI=1S/C16H23ClO3/c1-4-19-15(18)8-6-5-7-9-20-16-12(2)10-14(17)11-13(16)3/h10-11H,4-9H2,1-3H3. The molecule has 4 heteroatoms. The summed E-state index contributed by atoms with van der Waals surface area (Å²) in [5.41, 5.74) is 2.11. The number of carbonyl (C=O) groups is 1. The Balaban J connectivity index is 2.23. The van der Waals surface area contributed by atoms with E-state index in [1.807, 2.05) is 32.9 Å². The van der Waals surface area contributed by atoms with E-state index in [4.69, 9.17) is 21.1 Å². The Hall–Kier alpha value is -1.22. The summed E-state index contributed by atoms with van der Waals surface area (Å²) in [6.45, 7) is 6.93. The highest BCUT2D eigenvalue weighted by atomic mass is 35.5. The predicted octanol–water partition coefficient (Wildman–Crippen LogP) is 4.46. The van der Waals surface area contributed by atoms with Gasteiger partial charge in [0.05, 0.1) is 13.2 Å². The number of halogens is 1. The molecule has 0 aliphatic heterocycles. The van der Waals surface area contributed by atoms with Crippen molar-refractivity contribution in [2.24, 2.45) is 0 Å². The second-order valence-electron chi connectivity index (χ2n) is 4.83. The van der Waals surface area contributed by atoms with Gasteiger partial charge in [0.15, 0.2) is 0 Å². The molecule has 0 atom stereocenters. The molecule has 0 unspecified atom stereocenters. The highest BCUT2D eigenvalue weighted by Crippen LogP contribution is 2.27. The lowest BCUT2D eigenvalue weighted by atomic mass is 10.1. The van der Waals surface area contributed by atoms with Crippen molar-refractivity contribution in [1.29, 1.82) is 0 Å². The van der Waals surface area contributed by atoms with Gasteiger partial charge in [-0.1, -0.05) is 11.6 Å². The van der Waals surface area contributed by atoms with Gasteiger partial charge in [-0.2, -0.15) is 0 Å². The molecule has 0 aliphatic carbocycles. The molecule has 0 aromatic heterocycles. The number of aryl methyl sites for hydroxylation is 2. The van der Waals surface area contributed by atoms with E-state index in [1.165, 1.54) is 0 Å². The van der Waals surface area contributed by atoms with E-state index in [2.05, 4.69) is 0 Å². The topological polar surface area (TPSA) is 35.5 Å². The number of esters is 1. The molecule has 1 aromatic rings. The zero-order valence-electron chi connectivity index (χ0n) is 12.5. The van der Waals surface area contributed by atoms with E-state index in [-0.39, 0.29) is 5.97 Å². The minimum atomic E-state index is -0.113. The minimum absolute atomic E-state index is 0.113. The van der Waals surface area contributed by atoms with Gasteiger partial charge in [0.25, 0.3) is 0 Å². The van der Waals surface area contributed by atoms with Crippen LogP contribution in [-0.4, -0.2) is 19.2 Å². The van der Waals surface area contributed by atoms with Crippen molar-refractivity contribution in [2.45, 2.75) is 46.5 Å². The molecular weight excluding hydrogens is 276 g/mol. The number of hydrogen-bond donors (Lipinski definition) is 0. The summed E-state index contributed by atoms with van der Waals surface area (Å²) in [4.78, 5) is 11.2. The Morgan fingerprint density at radius 1 is 1.15 bits per heavy atom. The highest BCUT2D eigenvalue weighted by molar-refractivity contribution is 6.30. The van der Waals surface area contributed by atoms with Crippen LogP contribution in [0.1, 0.15) is 43.7 Å². The first-order valence-corrected chi connectivity index (χ1v) is 7.47. The zero-order valence-corrected chi connectivity index (χ0v) is 13.3. The maximum atomic E-state index is 11.2. The summed E-state index contributed by atoms with van der Waals surface area (Å²) >= 11 is 5.98. The van der Waals surface area contributed by atoms with Crippen molar-refractivity contribution < 1.29 is 14.3 Å². The summed E-state index contributed by atoms with van der Waals surface area (Å²) in [5.74, 6) is 0.803. The van der Waals surface area contributed by atoms with Gasteiger partial charge in [-0.3, -0.25) is 4.79 Å². The largest absolute Gasteiger partial charge is 0.493 e. The van der Waals surface area contributed by atoms with Crippen molar-refractivity contribution >= 4 is 17.6 Å². The molecule has 0 fully saturated rings. The molecule has 0 saturated heterocycles. The van der Waals surface area contributed by atoms with Gasteiger partial charge in [0.2, 0.25) is 0 Å². The van der Waals surface area contributed by atoms with Crippen LogP contribution in [0.15, 0.2) is 12.1 Å². The van der Waals surface area contributed by atoms with Crippen LogP contribution in [-0.2, 0) is 9.53 Å². The number of ether oxygens (including phenoxy) is 2. The van der Waals surface area contributed by atoms with E-state index in [0.29, 0.717) is 19.6 Å². The number of rotatable bonds is 8. The van der Waals surface area contributed by atoms with Gasteiger partial charge in [0, 0.05) is 11.4 Å². The van der Waals surface area contributed by atoms with Crippen LogP contribution in [0.3, 0.4) is 0 Å². The molecule has 0 radical (unpaired) electrons. The van der Waals surface area contributed by atoms with Gasteiger partial charge >= 0.3 is 5.97 Å². The van der Waals surface area contributed by atoms with Crippen LogP contribution in [0.25, 0.3) is 0 Å². The molecule has 0 amide bonds. The Morgan fingerprint density at radius 3 is 2.40 bits per heavy atom. The van der Waals surface area contributed by atoms with Gasteiger partial charge in [0.1, 0.15) is 5.75 Å². The smallest absolute Gasteiger partial charge is 0.305 e. The van der Waals surface area contributed by atoms with Crippen LogP contribution in [0.5, 0.6) is 5.75 Å². The molecule has 112 valence electrons. The Bertz CT molecular complexity index is 420. The third kappa shape index (κ3) is 5.83. The van der Waals surface area contributed by atoms with E-state index < -0.39 is 0 Å². The summed E-state index contributed by atoms with van der Waals surface area (Å²) in [6, 6.07) is 3.81. The number of hydrogen-bond acceptors (Lipinski definition) is 3. The van der Waals surface area contributed by atoms with Crippen molar-refractivity contribution in [3.63, 3.8) is 0 Å². The third-order valence-corrected chi connectivity index (χ3v) is 3.22. The van der Waals surface area contributed by atoms with Gasteiger partial charge in [-0.25, -0.2) is 0 Å².